The molecular weight excluding hydrogens is 298 g/mol. The van der Waals surface area contributed by atoms with E-state index in [-0.39, 0.29) is 5.91 Å². The minimum absolute atomic E-state index is 0.236. The summed E-state index contributed by atoms with van der Waals surface area (Å²) in [6, 6.07) is 7.97. The molecule has 22 heavy (non-hydrogen) atoms. The topological polar surface area (TPSA) is 63.0 Å². The van der Waals surface area contributed by atoms with Crippen LogP contribution in [-0.4, -0.2) is 45.6 Å². The number of nitrogens with zero attached hydrogens (tertiary/aromatic N) is 4. The monoisotopic (exact) mass is 315 g/mol. The fraction of sp³-hybridized carbons (Fsp3) is 0.267. The highest BCUT2D eigenvalue weighted by Crippen LogP contribution is 2.21. The lowest BCUT2D eigenvalue weighted by atomic mass is 10.2. The molecule has 0 aliphatic heterocycles. The predicted octanol–water partition coefficient (Wildman–Crippen LogP) is 2.31. The molecule has 0 radical (unpaired) electrons. The maximum Gasteiger partial charge on any atom is 0.277 e. The number of rotatable bonds is 5. The molecule has 0 aliphatic carbocycles. The highest BCUT2D eigenvalue weighted by molar-refractivity contribution is 7.03. The summed E-state index contributed by atoms with van der Waals surface area (Å²) in [5, 5.41) is 9.35. The zero-order valence-corrected chi connectivity index (χ0v) is 13.3. The maximum atomic E-state index is 12.0. The van der Waals surface area contributed by atoms with E-state index in [0.29, 0.717) is 5.69 Å². The molecule has 3 aromatic rings. The van der Waals surface area contributed by atoms with Crippen molar-refractivity contribution >= 4 is 34.0 Å². The van der Waals surface area contributed by atoms with Gasteiger partial charge in [0.05, 0.1) is 0 Å². The first-order valence-electron chi connectivity index (χ1n) is 6.95. The van der Waals surface area contributed by atoms with Crippen LogP contribution in [0.3, 0.4) is 0 Å². The Kier molecular flexibility index (Phi) is 4.17. The van der Waals surface area contributed by atoms with Gasteiger partial charge in [-0.05, 0) is 49.9 Å². The molecule has 0 spiro atoms. The van der Waals surface area contributed by atoms with Gasteiger partial charge >= 0.3 is 0 Å². The number of aromatic nitrogens is 3. The molecular formula is C15H17N5OS. The van der Waals surface area contributed by atoms with Crippen molar-refractivity contribution in [1.29, 1.82) is 0 Å². The third-order valence-corrected chi connectivity index (χ3v) is 3.91. The minimum Gasteiger partial charge on any atom is -0.346 e. The number of anilines is 1. The SMILES string of the molecule is CN(C)CCn1ccc2cc(NC(=O)c3csnn3)ccc21. The highest BCUT2D eigenvalue weighted by atomic mass is 32.1. The normalized spacial score (nSPS) is 11.2. The number of carbonyl (C=O) groups excluding carboxylic acids is 1. The number of fused-ring (bicyclic) bond motifs is 1. The van der Waals surface area contributed by atoms with Gasteiger partial charge in [0.2, 0.25) is 0 Å². The molecule has 0 bridgehead atoms. The van der Waals surface area contributed by atoms with Gasteiger partial charge in [-0.15, -0.1) is 5.10 Å². The number of hydrogen-bond donors (Lipinski definition) is 1. The molecule has 0 aliphatic rings. The van der Waals surface area contributed by atoms with Crippen molar-refractivity contribution < 1.29 is 4.79 Å². The van der Waals surface area contributed by atoms with E-state index in [0.717, 1.165) is 41.2 Å². The van der Waals surface area contributed by atoms with Gasteiger partial charge in [0.15, 0.2) is 5.69 Å². The quantitative estimate of drug-likeness (QED) is 0.785. The molecule has 0 unspecified atom stereocenters. The number of likely N-dealkylation sites (N-methyl/N-ethyl adjacent to an activating group) is 1. The molecule has 0 atom stereocenters. The van der Waals surface area contributed by atoms with Crippen LogP contribution in [0.4, 0.5) is 5.69 Å². The van der Waals surface area contributed by atoms with Crippen molar-refractivity contribution in [2.75, 3.05) is 26.0 Å². The molecule has 0 saturated heterocycles. The van der Waals surface area contributed by atoms with Crippen LogP contribution in [0, 0.1) is 0 Å². The van der Waals surface area contributed by atoms with Gasteiger partial charge in [-0.2, -0.15) is 0 Å². The van der Waals surface area contributed by atoms with Crippen LogP contribution in [0.1, 0.15) is 10.5 Å². The van der Waals surface area contributed by atoms with Crippen molar-refractivity contribution in [1.82, 2.24) is 19.1 Å². The Morgan fingerprint density at radius 3 is 2.95 bits per heavy atom. The molecule has 0 saturated carbocycles. The largest absolute Gasteiger partial charge is 0.346 e. The highest BCUT2D eigenvalue weighted by Gasteiger charge is 2.10. The van der Waals surface area contributed by atoms with Gasteiger partial charge < -0.3 is 14.8 Å². The first-order chi connectivity index (χ1) is 10.6. The Morgan fingerprint density at radius 1 is 1.36 bits per heavy atom. The molecule has 1 N–H and O–H groups in total. The second kappa shape index (κ2) is 6.25. The van der Waals surface area contributed by atoms with Crippen molar-refractivity contribution in [2.45, 2.75) is 6.54 Å². The van der Waals surface area contributed by atoms with E-state index in [4.69, 9.17) is 0 Å². The molecule has 0 fully saturated rings. The van der Waals surface area contributed by atoms with Crippen LogP contribution in [0.25, 0.3) is 10.9 Å². The van der Waals surface area contributed by atoms with Crippen LogP contribution in [0.15, 0.2) is 35.8 Å². The molecule has 7 heteroatoms. The van der Waals surface area contributed by atoms with Crippen molar-refractivity contribution in [2.24, 2.45) is 0 Å². The molecule has 6 nitrogen and oxygen atoms in total. The summed E-state index contributed by atoms with van der Waals surface area (Å²) in [5.74, 6) is -0.236. The second-order valence-electron chi connectivity index (χ2n) is 5.33. The lowest BCUT2D eigenvalue weighted by Crippen LogP contribution is -2.17. The van der Waals surface area contributed by atoms with E-state index in [1.807, 2.05) is 18.2 Å². The predicted molar refractivity (Wildman–Crippen MR) is 88.4 cm³/mol. The van der Waals surface area contributed by atoms with Crippen molar-refractivity contribution in [3.8, 4) is 0 Å². The van der Waals surface area contributed by atoms with Gasteiger partial charge in [0.1, 0.15) is 0 Å². The Balaban J connectivity index is 1.77. The van der Waals surface area contributed by atoms with Crippen LogP contribution >= 0.6 is 11.5 Å². The molecule has 3 rings (SSSR count). The van der Waals surface area contributed by atoms with E-state index >= 15 is 0 Å². The summed E-state index contributed by atoms with van der Waals surface area (Å²) in [5.41, 5.74) is 2.26. The summed E-state index contributed by atoms with van der Waals surface area (Å²) >= 11 is 1.16. The Labute approximate surface area is 132 Å². The van der Waals surface area contributed by atoms with Crippen LogP contribution in [0.2, 0.25) is 0 Å². The number of hydrogen-bond acceptors (Lipinski definition) is 5. The van der Waals surface area contributed by atoms with Crippen molar-refractivity contribution in [3.63, 3.8) is 0 Å². The summed E-state index contributed by atoms with van der Waals surface area (Å²) in [7, 11) is 4.12. The standard InChI is InChI=1S/C15H17N5OS/c1-19(2)7-8-20-6-5-11-9-12(3-4-14(11)20)16-15(21)13-10-22-18-17-13/h3-6,9-10H,7-8H2,1-2H3,(H,16,21). The Hall–Kier alpha value is -2.25. The lowest BCUT2D eigenvalue weighted by molar-refractivity contribution is 0.102. The smallest absolute Gasteiger partial charge is 0.277 e. The van der Waals surface area contributed by atoms with Gasteiger partial charge in [-0.3, -0.25) is 4.79 Å². The molecule has 1 aromatic carbocycles. The number of nitrogens with one attached hydrogen (secondary N) is 1. The van der Waals surface area contributed by atoms with E-state index < -0.39 is 0 Å². The van der Waals surface area contributed by atoms with Crippen LogP contribution in [-0.2, 0) is 6.54 Å². The first-order valence-corrected chi connectivity index (χ1v) is 7.79. The lowest BCUT2D eigenvalue weighted by Gasteiger charge is -2.11. The van der Waals surface area contributed by atoms with Crippen LogP contribution in [0.5, 0.6) is 0 Å². The average Bonchev–Trinajstić information content (AvgIpc) is 3.14. The maximum absolute atomic E-state index is 12.0. The molecule has 114 valence electrons. The minimum atomic E-state index is -0.236. The summed E-state index contributed by atoms with van der Waals surface area (Å²) in [4.78, 5) is 14.1. The number of carbonyl (C=O) groups is 1. The summed E-state index contributed by atoms with van der Waals surface area (Å²) < 4.78 is 5.91. The second-order valence-corrected chi connectivity index (χ2v) is 5.94. The molecule has 2 aromatic heterocycles. The zero-order chi connectivity index (χ0) is 15.5. The van der Waals surface area contributed by atoms with E-state index in [1.165, 1.54) is 0 Å². The number of amides is 1. The first kappa shape index (κ1) is 14.7. The van der Waals surface area contributed by atoms with E-state index in [2.05, 4.69) is 50.7 Å². The van der Waals surface area contributed by atoms with Gasteiger partial charge in [0.25, 0.3) is 5.91 Å². The Morgan fingerprint density at radius 2 is 2.23 bits per heavy atom. The third kappa shape index (κ3) is 3.15. The van der Waals surface area contributed by atoms with E-state index in [9.17, 15) is 4.79 Å². The van der Waals surface area contributed by atoms with Gasteiger partial charge in [0, 0.05) is 41.3 Å². The summed E-state index contributed by atoms with van der Waals surface area (Å²) in [6.07, 6.45) is 2.07. The average molecular weight is 315 g/mol. The molecule has 1 amide bonds. The number of benzene rings is 1. The van der Waals surface area contributed by atoms with E-state index in [1.54, 1.807) is 5.38 Å². The fourth-order valence-electron chi connectivity index (χ4n) is 2.24. The van der Waals surface area contributed by atoms with Crippen molar-refractivity contribution in [3.05, 3.63) is 41.5 Å². The molecule has 2 heterocycles. The zero-order valence-electron chi connectivity index (χ0n) is 12.5. The summed E-state index contributed by atoms with van der Waals surface area (Å²) in [6.45, 7) is 1.92. The van der Waals surface area contributed by atoms with Gasteiger partial charge in [-0.25, -0.2) is 0 Å². The third-order valence-electron chi connectivity index (χ3n) is 3.41. The van der Waals surface area contributed by atoms with Gasteiger partial charge in [-0.1, -0.05) is 4.49 Å². The fourth-order valence-corrected chi connectivity index (χ4v) is 2.68. The Bertz CT molecular complexity index is 778. The van der Waals surface area contributed by atoms with Crippen LogP contribution < -0.4 is 5.32 Å².